The van der Waals surface area contributed by atoms with Gasteiger partial charge in [-0.3, -0.25) is 0 Å². The van der Waals surface area contributed by atoms with Gasteiger partial charge in [0.15, 0.2) is 0 Å². The van der Waals surface area contributed by atoms with Gasteiger partial charge in [0.1, 0.15) is 0 Å². The molecule has 60 heavy (non-hydrogen) atoms. The fraction of sp³-hybridized carbons (Fsp3) is 0.0526. The predicted molar refractivity (Wildman–Crippen MR) is 252 cm³/mol. The minimum absolute atomic E-state index is 0.0929. The first kappa shape index (κ1) is 33.4. The van der Waals surface area contributed by atoms with Gasteiger partial charge in [0, 0.05) is 54.8 Å². The highest BCUT2D eigenvalue weighted by atomic mass is 15.0. The first-order valence-electron chi connectivity index (χ1n) is 20.9. The van der Waals surface area contributed by atoms with Crippen molar-refractivity contribution in [3.63, 3.8) is 0 Å². The van der Waals surface area contributed by atoms with Crippen LogP contribution in [0.3, 0.4) is 0 Å². The van der Waals surface area contributed by atoms with Gasteiger partial charge >= 0.3 is 0 Å². The molecular weight excluding hydrogens is 727 g/mol. The van der Waals surface area contributed by atoms with Gasteiger partial charge in [-0.2, -0.15) is 0 Å². The molecule has 3 heteroatoms. The van der Waals surface area contributed by atoms with Crippen LogP contribution >= 0.6 is 0 Å². The third-order valence-electron chi connectivity index (χ3n) is 13.4. The van der Waals surface area contributed by atoms with E-state index < -0.39 is 0 Å². The molecule has 1 aliphatic rings. The lowest BCUT2D eigenvalue weighted by molar-refractivity contribution is 0.661. The molecule has 0 atom stereocenters. The van der Waals surface area contributed by atoms with Crippen LogP contribution in [0.2, 0.25) is 0 Å². The van der Waals surface area contributed by atoms with Crippen molar-refractivity contribution < 1.29 is 0 Å². The van der Waals surface area contributed by atoms with E-state index in [1.165, 1.54) is 104 Å². The van der Waals surface area contributed by atoms with Crippen LogP contribution < -0.4 is 0 Å². The number of aromatic nitrogens is 3. The van der Waals surface area contributed by atoms with Crippen LogP contribution in [0.15, 0.2) is 200 Å². The molecule has 0 bridgehead atoms. The Balaban J connectivity index is 1.05. The largest absolute Gasteiger partial charge is 0.309 e. The van der Waals surface area contributed by atoms with Crippen molar-refractivity contribution in [1.82, 2.24) is 13.7 Å². The van der Waals surface area contributed by atoms with E-state index in [1.54, 1.807) is 0 Å². The van der Waals surface area contributed by atoms with Gasteiger partial charge in [-0.1, -0.05) is 123 Å². The summed E-state index contributed by atoms with van der Waals surface area (Å²) in [6.45, 7) is 4.75. The zero-order valence-corrected chi connectivity index (χ0v) is 33.4. The van der Waals surface area contributed by atoms with E-state index in [9.17, 15) is 0 Å². The average molecular weight is 766 g/mol. The van der Waals surface area contributed by atoms with Crippen molar-refractivity contribution in [3.05, 3.63) is 211 Å². The number of hydrogen-bond donors (Lipinski definition) is 0. The number of benzene rings is 9. The zero-order valence-electron chi connectivity index (χ0n) is 33.4. The van der Waals surface area contributed by atoms with Crippen LogP contribution in [0.25, 0.3) is 105 Å². The summed E-state index contributed by atoms with van der Waals surface area (Å²) in [4.78, 5) is 0. The van der Waals surface area contributed by atoms with Gasteiger partial charge in [-0.05, 0) is 124 Å². The van der Waals surface area contributed by atoms with Crippen molar-refractivity contribution in [3.8, 4) is 39.3 Å². The summed E-state index contributed by atoms with van der Waals surface area (Å²) in [5, 5.41) is 7.54. The highest BCUT2D eigenvalue weighted by Crippen LogP contribution is 2.51. The Hall–Kier alpha value is -7.62. The van der Waals surface area contributed by atoms with E-state index in [-0.39, 0.29) is 5.41 Å². The van der Waals surface area contributed by atoms with Crippen LogP contribution in [0.1, 0.15) is 25.0 Å². The Labute approximate surface area is 347 Å². The second-order valence-corrected chi connectivity index (χ2v) is 17.0. The van der Waals surface area contributed by atoms with Crippen molar-refractivity contribution in [2.45, 2.75) is 19.3 Å². The molecule has 0 fully saturated rings. The SMILES string of the molecule is CC1(C)c2ccccc2-c2cc3c4ccccc4n(-c4ccc5c(c4)c4cc(-c6ccc7c(c6)c6ccccc6n7-c6ccccc6)ccc4n5-c4ccccc4)c3cc21. The monoisotopic (exact) mass is 765 g/mol. The molecule has 3 aromatic heterocycles. The summed E-state index contributed by atoms with van der Waals surface area (Å²) >= 11 is 0. The van der Waals surface area contributed by atoms with Gasteiger partial charge in [0.25, 0.3) is 0 Å². The van der Waals surface area contributed by atoms with Crippen molar-refractivity contribution >= 4 is 65.4 Å². The summed E-state index contributed by atoms with van der Waals surface area (Å²) in [5.74, 6) is 0. The molecule has 1 aliphatic carbocycles. The predicted octanol–water partition coefficient (Wildman–Crippen LogP) is 15.0. The van der Waals surface area contributed by atoms with E-state index >= 15 is 0 Å². The lowest BCUT2D eigenvalue weighted by Crippen LogP contribution is -2.14. The van der Waals surface area contributed by atoms with Crippen molar-refractivity contribution in [1.29, 1.82) is 0 Å². The number of para-hydroxylation sites is 4. The molecule has 0 N–H and O–H groups in total. The summed E-state index contributed by atoms with van der Waals surface area (Å²) in [7, 11) is 0. The van der Waals surface area contributed by atoms with Crippen molar-refractivity contribution in [2.24, 2.45) is 0 Å². The molecule has 3 heterocycles. The van der Waals surface area contributed by atoms with E-state index in [4.69, 9.17) is 0 Å². The normalized spacial score (nSPS) is 13.3. The second kappa shape index (κ2) is 12.2. The van der Waals surface area contributed by atoms with Crippen LogP contribution in [-0.2, 0) is 5.41 Å². The highest BCUT2D eigenvalue weighted by molar-refractivity contribution is 6.15. The molecular formula is C57H39N3. The Bertz CT molecular complexity index is 3730. The van der Waals surface area contributed by atoms with E-state index in [1.807, 2.05) is 0 Å². The number of hydrogen-bond acceptors (Lipinski definition) is 0. The molecule has 9 aromatic carbocycles. The number of fused-ring (bicyclic) bond motifs is 12. The van der Waals surface area contributed by atoms with Gasteiger partial charge in [-0.15, -0.1) is 0 Å². The molecule has 0 spiro atoms. The van der Waals surface area contributed by atoms with Gasteiger partial charge in [0.05, 0.1) is 33.1 Å². The summed E-state index contributed by atoms with van der Waals surface area (Å²) in [6.07, 6.45) is 0. The molecule has 0 amide bonds. The Morgan fingerprint density at radius 1 is 0.283 bits per heavy atom. The Morgan fingerprint density at radius 3 is 1.35 bits per heavy atom. The van der Waals surface area contributed by atoms with Gasteiger partial charge in [0.2, 0.25) is 0 Å². The Morgan fingerprint density at radius 2 is 0.733 bits per heavy atom. The van der Waals surface area contributed by atoms with Crippen molar-refractivity contribution in [2.75, 3.05) is 0 Å². The van der Waals surface area contributed by atoms with Gasteiger partial charge < -0.3 is 13.7 Å². The lowest BCUT2D eigenvalue weighted by Gasteiger charge is -2.21. The first-order valence-corrected chi connectivity index (χ1v) is 20.9. The third kappa shape index (κ3) is 4.55. The fourth-order valence-electron chi connectivity index (χ4n) is 10.6. The molecule has 13 rings (SSSR count). The molecule has 12 aromatic rings. The Kier molecular flexibility index (Phi) is 6.78. The quantitative estimate of drug-likeness (QED) is 0.169. The minimum Gasteiger partial charge on any atom is -0.309 e. The molecule has 0 saturated heterocycles. The molecule has 0 radical (unpaired) electrons. The number of rotatable bonds is 4. The topological polar surface area (TPSA) is 14.8 Å². The minimum atomic E-state index is -0.0929. The highest BCUT2D eigenvalue weighted by Gasteiger charge is 2.36. The number of nitrogens with zero attached hydrogens (tertiary/aromatic N) is 3. The molecule has 0 unspecified atom stereocenters. The van der Waals surface area contributed by atoms with Crippen LogP contribution in [0.5, 0.6) is 0 Å². The molecule has 0 saturated carbocycles. The molecule has 282 valence electrons. The summed E-state index contributed by atoms with van der Waals surface area (Å²) in [5.41, 5.74) is 18.6. The standard InChI is InChI=1S/C57H39N3/c1-57(2)49-22-12-9-19-41(49)44-34-48-43-21-11-14-24-52(43)60(56(48)35-50(44)57)40-27-30-55-47(33-40)46-32-37(26-29-54(46)59(55)39-17-7-4-8-18-39)36-25-28-53-45(31-36)42-20-10-13-23-51(42)58(53)38-15-5-3-6-16-38/h3-35H,1-2H3. The summed E-state index contributed by atoms with van der Waals surface area (Å²) < 4.78 is 7.30. The van der Waals surface area contributed by atoms with E-state index in [0.717, 1.165) is 11.4 Å². The fourth-order valence-corrected chi connectivity index (χ4v) is 10.6. The maximum atomic E-state index is 2.50. The summed E-state index contributed by atoms with van der Waals surface area (Å²) in [6, 6.07) is 74.1. The molecule has 0 aliphatic heterocycles. The zero-order chi connectivity index (χ0) is 39.7. The molecule has 3 nitrogen and oxygen atoms in total. The maximum Gasteiger partial charge on any atom is 0.0544 e. The van der Waals surface area contributed by atoms with Crippen LogP contribution in [-0.4, -0.2) is 13.7 Å². The lowest BCUT2D eigenvalue weighted by atomic mass is 9.82. The smallest absolute Gasteiger partial charge is 0.0544 e. The van der Waals surface area contributed by atoms with Gasteiger partial charge in [-0.25, -0.2) is 0 Å². The third-order valence-corrected chi connectivity index (χ3v) is 13.4. The first-order chi connectivity index (χ1) is 29.5. The van der Waals surface area contributed by atoms with Crippen LogP contribution in [0, 0.1) is 0 Å². The maximum absolute atomic E-state index is 2.50. The average Bonchev–Trinajstić information content (AvgIpc) is 3.99. The van der Waals surface area contributed by atoms with Crippen LogP contribution in [0.4, 0.5) is 0 Å². The second-order valence-electron chi connectivity index (χ2n) is 17.0. The van der Waals surface area contributed by atoms with E-state index in [0.29, 0.717) is 0 Å². The van der Waals surface area contributed by atoms with E-state index in [2.05, 4.69) is 228 Å².